The van der Waals surface area contributed by atoms with Gasteiger partial charge < -0.3 is 15.0 Å². The number of methoxy groups -OCH3 is 1. The smallest absolute Gasteiger partial charge is 0.143 e. The minimum atomic E-state index is 0.382. The molecule has 4 heteroatoms. The number of H-pyrrole nitrogens is 1. The van der Waals surface area contributed by atoms with Crippen molar-refractivity contribution in [2.24, 2.45) is 0 Å². The monoisotopic (exact) mass is 264 g/mol. The Bertz CT molecular complexity index is 591. The highest BCUT2D eigenvalue weighted by molar-refractivity contribution is 6.36. The summed E-state index contributed by atoms with van der Waals surface area (Å²) in [5, 5.41) is 5.30. The molecule has 0 bridgehead atoms. The molecule has 1 aromatic heterocycles. The Morgan fingerprint density at radius 1 is 1.44 bits per heavy atom. The lowest BCUT2D eigenvalue weighted by atomic mass is 9.91. The van der Waals surface area contributed by atoms with Crippen LogP contribution in [0, 0.1) is 0 Å². The van der Waals surface area contributed by atoms with E-state index in [9.17, 15) is 0 Å². The van der Waals surface area contributed by atoms with Crippen LogP contribution in [-0.4, -0.2) is 19.1 Å². The summed E-state index contributed by atoms with van der Waals surface area (Å²) in [5.41, 5.74) is 3.64. The van der Waals surface area contributed by atoms with Crippen molar-refractivity contribution in [3.8, 4) is 5.75 Å². The maximum absolute atomic E-state index is 6.38. The van der Waals surface area contributed by atoms with Crippen molar-refractivity contribution in [2.75, 3.05) is 14.2 Å². The van der Waals surface area contributed by atoms with Gasteiger partial charge in [-0.3, -0.25) is 0 Å². The number of benzene rings is 1. The number of halogens is 1. The molecule has 18 heavy (non-hydrogen) atoms. The van der Waals surface area contributed by atoms with Crippen LogP contribution in [0.1, 0.15) is 30.1 Å². The van der Waals surface area contributed by atoms with E-state index in [0.717, 1.165) is 34.5 Å². The predicted molar refractivity (Wildman–Crippen MR) is 74.6 cm³/mol. The number of aromatic amines is 1. The third-order valence-corrected chi connectivity index (χ3v) is 4.14. The van der Waals surface area contributed by atoms with Crippen molar-refractivity contribution in [3.05, 3.63) is 28.4 Å². The SMILES string of the molecule is CNC1CCCc2[nH]c3c(OC)ccc(Cl)c3c21. The van der Waals surface area contributed by atoms with E-state index in [0.29, 0.717) is 6.04 Å². The number of nitrogens with one attached hydrogen (secondary N) is 2. The Hall–Kier alpha value is -1.19. The average Bonchev–Trinajstić information content (AvgIpc) is 2.79. The zero-order valence-corrected chi connectivity index (χ0v) is 11.4. The van der Waals surface area contributed by atoms with E-state index in [2.05, 4.69) is 10.3 Å². The molecule has 0 fully saturated rings. The number of aryl methyl sites for hydroxylation is 1. The Morgan fingerprint density at radius 3 is 3.00 bits per heavy atom. The van der Waals surface area contributed by atoms with Crippen LogP contribution < -0.4 is 10.1 Å². The van der Waals surface area contributed by atoms with Gasteiger partial charge in [-0.25, -0.2) is 0 Å². The van der Waals surface area contributed by atoms with Gasteiger partial charge in [0.05, 0.1) is 17.6 Å². The van der Waals surface area contributed by atoms with Crippen molar-refractivity contribution >= 4 is 22.5 Å². The minimum Gasteiger partial charge on any atom is -0.495 e. The standard InChI is InChI=1S/C14H17ClN2O/c1-16-9-4-3-5-10-13(9)12-8(15)6-7-11(18-2)14(12)17-10/h6-7,9,16-17H,3-5H2,1-2H3. The molecular formula is C14H17ClN2O. The van der Waals surface area contributed by atoms with E-state index in [1.54, 1.807) is 7.11 Å². The molecule has 0 spiro atoms. The third-order valence-electron chi connectivity index (χ3n) is 3.82. The van der Waals surface area contributed by atoms with Crippen molar-refractivity contribution in [2.45, 2.75) is 25.3 Å². The van der Waals surface area contributed by atoms with Gasteiger partial charge in [-0.15, -0.1) is 0 Å². The van der Waals surface area contributed by atoms with E-state index < -0.39 is 0 Å². The molecule has 1 aromatic carbocycles. The maximum Gasteiger partial charge on any atom is 0.143 e. The Labute approximate surface area is 111 Å². The van der Waals surface area contributed by atoms with Crippen molar-refractivity contribution in [3.63, 3.8) is 0 Å². The largest absolute Gasteiger partial charge is 0.495 e. The Balaban J connectivity index is 2.33. The van der Waals surface area contributed by atoms with Gasteiger partial charge in [0.15, 0.2) is 0 Å². The van der Waals surface area contributed by atoms with Crippen molar-refractivity contribution < 1.29 is 4.74 Å². The molecule has 0 aliphatic heterocycles. The summed E-state index contributed by atoms with van der Waals surface area (Å²) in [7, 11) is 3.70. The summed E-state index contributed by atoms with van der Waals surface area (Å²) in [4.78, 5) is 3.49. The zero-order valence-electron chi connectivity index (χ0n) is 10.6. The third kappa shape index (κ3) is 1.62. The molecule has 1 aliphatic rings. The quantitative estimate of drug-likeness (QED) is 0.872. The molecule has 1 aliphatic carbocycles. The van der Waals surface area contributed by atoms with Crippen LogP contribution in [0.4, 0.5) is 0 Å². The van der Waals surface area contributed by atoms with E-state index in [1.165, 1.54) is 17.7 Å². The van der Waals surface area contributed by atoms with Gasteiger partial charge in [-0.05, 0) is 44.0 Å². The van der Waals surface area contributed by atoms with Crippen LogP contribution in [-0.2, 0) is 6.42 Å². The number of hydrogen-bond acceptors (Lipinski definition) is 2. The van der Waals surface area contributed by atoms with Gasteiger partial charge >= 0.3 is 0 Å². The number of aromatic nitrogens is 1. The number of hydrogen-bond donors (Lipinski definition) is 2. The van der Waals surface area contributed by atoms with Gasteiger partial charge in [-0.2, -0.15) is 0 Å². The van der Waals surface area contributed by atoms with Crippen LogP contribution in [0.15, 0.2) is 12.1 Å². The van der Waals surface area contributed by atoms with E-state index in [4.69, 9.17) is 16.3 Å². The number of ether oxygens (including phenoxy) is 1. The maximum atomic E-state index is 6.38. The fraction of sp³-hybridized carbons (Fsp3) is 0.429. The Kier molecular flexibility index (Phi) is 2.96. The van der Waals surface area contributed by atoms with E-state index >= 15 is 0 Å². The highest BCUT2D eigenvalue weighted by Gasteiger charge is 2.25. The van der Waals surface area contributed by atoms with Crippen molar-refractivity contribution in [1.82, 2.24) is 10.3 Å². The minimum absolute atomic E-state index is 0.382. The summed E-state index contributed by atoms with van der Waals surface area (Å²) < 4.78 is 5.42. The fourth-order valence-electron chi connectivity index (χ4n) is 2.98. The average molecular weight is 265 g/mol. The summed E-state index contributed by atoms with van der Waals surface area (Å²) >= 11 is 6.38. The second kappa shape index (κ2) is 4.48. The molecule has 0 saturated heterocycles. The summed E-state index contributed by atoms with van der Waals surface area (Å²) in [5.74, 6) is 0.860. The molecule has 0 radical (unpaired) electrons. The number of rotatable bonds is 2. The highest BCUT2D eigenvalue weighted by atomic mass is 35.5. The first-order valence-electron chi connectivity index (χ1n) is 6.30. The lowest BCUT2D eigenvalue weighted by Gasteiger charge is -2.22. The molecule has 1 atom stereocenters. The molecule has 2 N–H and O–H groups in total. The van der Waals surface area contributed by atoms with Gasteiger partial charge in [0.2, 0.25) is 0 Å². The normalized spacial score (nSPS) is 18.9. The van der Waals surface area contributed by atoms with E-state index in [-0.39, 0.29) is 0 Å². The molecular weight excluding hydrogens is 248 g/mol. The molecule has 2 aromatic rings. The lowest BCUT2D eigenvalue weighted by molar-refractivity contribution is 0.419. The van der Waals surface area contributed by atoms with E-state index in [1.807, 2.05) is 19.2 Å². The van der Waals surface area contributed by atoms with Crippen molar-refractivity contribution in [1.29, 1.82) is 0 Å². The topological polar surface area (TPSA) is 37.0 Å². The van der Waals surface area contributed by atoms with Crippen LogP contribution in [0.3, 0.4) is 0 Å². The summed E-state index contributed by atoms with van der Waals surface area (Å²) in [6.07, 6.45) is 3.44. The molecule has 0 amide bonds. The van der Waals surface area contributed by atoms with Crippen LogP contribution >= 0.6 is 11.6 Å². The highest BCUT2D eigenvalue weighted by Crippen LogP contribution is 2.41. The second-order valence-corrected chi connectivity index (χ2v) is 5.16. The molecule has 1 heterocycles. The van der Waals surface area contributed by atoms with Gasteiger partial charge in [0, 0.05) is 17.1 Å². The summed E-state index contributed by atoms with van der Waals surface area (Å²) in [6, 6.07) is 4.21. The van der Waals surface area contributed by atoms with Gasteiger partial charge in [0.1, 0.15) is 5.75 Å². The molecule has 0 saturated carbocycles. The molecule has 3 rings (SSSR count). The first kappa shape index (κ1) is 11.9. The predicted octanol–water partition coefficient (Wildman–Crippen LogP) is 3.43. The zero-order chi connectivity index (χ0) is 12.7. The first-order chi connectivity index (χ1) is 8.76. The lowest BCUT2D eigenvalue weighted by Crippen LogP contribution is -2.20. The first-order valence-corrected chi connectivity index (χ1v) is 6.68. The summed E-state index contributed by atoms with van der Waals surface area (Å²) in [6.45, 7) is 0. The van der Waals surface area contributed by atoms with Crippen LogP contribution in [0.5, 0.6) is 5.75 Å². The number of fused-ring (bicyclic) bond motifs is 3. The van der Waals surface area contributed by atoms with Crippen LogP contribution in [0.2, 0.25) is 5.02 Å². The van der Waals surface area contributed by atoms with Gasteiger partial charge in [0.25, 0.3) is 0 Å². The van der Waals surface area contributed by atoms with Crippen LogP contribution in [0.25, 0.3) is 10.9 Å². The molecule has 1 unspecified atom stereocenters. The molecule has 3 nitrogen and oxygen atoms in total. The Morgan fingerprint density at radius 2 is 2.28 bits per heavy atom. The fourth-order valence-corrected chi connectivity index (χ4v) is 3.24. The van der Waals surface area contributed by atoms with Gasteiger partial charge in [-0.1, -0.05) is 11.6 Å². The second-order valence-electron chi connectivity index (χ2n) is 4.75. The molecule has 96 valence electrons.